The van der Waals surface area contributed by atoms with Gasteiger partial charge in [0, 0.05) is 15.6 Å². The quantitative estimate of drug-likeness (QED) is 0.794. The molecule has 0 saturated carbocycles. The van der Waals surface area contributed by atoms with E-state index in [1.807, 2.05) is 0 Å². The molecule has 0 aromatic heterocycles. The Morgan fingerprint density at radius 3 is 2.33 bits per heavy atom. The molecule has 2 aromatic rings. The Hall–Kier alpha value is -1.99. The van der Waals surface area contributed by atoms with E-state index in [-0.39, 0.29) is 11.3 Å². The van der Waals surface area contributed by atoms with Crippen molar-refractivity contribution in [1.82, 2.24) is 0 Å². The van der Waals surface area contributed by atoms with Gasteiger partial charge in [-0.25, -0.2) is 4.39 Å². The molecule has 0 aliphatic heterocycles. The average Bonchev–Trinajstić information content (AvgIpc) is 2.39. The highest BCUT2D eigenvalue weighted by atomic mass is 79.9. The van der Waals surface area contributed by atoms with Gasteiger partial charge in [0.2, 0.25) is 0 Å². The van der Waals surface area contributed by atoms with Crippen LogP contribution in [0.1, 0.15) is 21.5 Å². The fourth-order valence-electron chi connectivity index (χ4n) is 1.52. The third kappa shape index (κ3) is 2.47. The van der Waals surface area contributed by atoms with E-state index in [0.29, 0.717) is 11.1 Å². The zero-order chi connectivity index (χ0) is 13.1. The Labute approximate surface area is 112 Å². The summed E-state index contributed by atoms with van der Waals surface area (Å²) in [6.45, 7) is 0. The number of hydrogen-bond donors (Lipinski definition) is 0. The highest BCUT2D eigenvalue weighted by Gasteiger charge is 2.11. The van der Waals surface area contributed by atoms with Crippen LogP contribution in [0.2, 0.25) is 0 Å². The third-order valence-electron chi connectivity index (χ3n) is 2.46. The van der Waals surface area contributed by atoms with Crippen LogP contribution in [-0.2, 0) is 0 Å². The molecule has 0 aliphatic rings. The standard InChI is InChI=1S/C14H7BrFNO/c15-12-4-1-9(2-5-12)14(18)10-3-6-13(16)11(7-10)8-17/h1-7H. The minimum atomic E-state index is -0.621. The van der Waals surface area contributed by atoms with Gasteiger partial charge in [-0.1, -0.05) is 15.9 Å². The summed E-state index contributed by atoms with van der Waals surface area (Å²) < 4.78 is 14.0. The van der Waals surface area contributed by atoms with Crippen LogP contribution in [0, 0.1) is 17.1 Å². The second-order valence-electron chi connectivity index (χ2n) is 3.64. The molecule has 0 heterocycles. The van der Waals surface area contributed by atoms with Gasteiger partial charge in [-0.05, 0) is 42.5 Å². The lowest BCUT2D eigenvalue weighted by molar-refractivity contribution is 0.103. The monoisotopic (exact) mass is 303 g/mol. The van der Waals surface area contributed by atoms with Gasteiger partial charge in [0.25, 0.3) is 0 Å². The summed E-state index contributed by atoms with van der Waals surface area (Å²) in [4.78, 5) is 12.1. The molecule has 0 fully saturated rings. The van der Waals surface area contributed by atoms with Gasteiger partial charge < -0.3 is 0 Å². The summed E-state index contributed by atoms with van der Waals surface area (Å²) >= 11 is 3.28. The maximum atomic E-state index is 13.1. The molecule has 0 saturated heterocycles. The van der Waals surface area contributed by atoms with Crippen molar-refractivity contribution < 1.29 is 9.18 Å². The van der Waals surface area contributed by atoms with Gasteiger partial charge in [-0.3, -0.25) is 4.79 Å². The topological polar surface area (TPSA) is 40.9 Å². The fourth-order valence-corrected chi connectivity index (χ4v) is 1.78. The summed E-state index contributed by atoms with van der Waals surface area (Å²) in [7, 11) is 0. The van der Waals surface area contributed by atoms with Crippen LogP contribution >= 0.6 is 15.9 Å². The van der Waals surface area contributed by atoms with Gasteiger partial charge >= 0.3 is 0 Å². The molecule has 0 spiro atoms. The Morgan fingerprint density at radius 2 is 1.72 bits per heavy atom. The van der Waals surface area contributed by atoms with Gasteiger partial charge in [-0.2, -0.15) is 5.26 Å². The van der Waals surface area contributed by atoms with E-state index in [0.717, 1.165) is 10.5 Å². The van der Waals surface area contributed by atoms with Crippen molar-refractivity contribution in [3.05, 3.63) is 69.4 Å². The number of benzene rings is 2. The SMILES string of the molecule is N#Cc1cc(C(=O)c2ccc(Br)cc2)ccc1F. The molecule has 18 heavy (non-hydrogen) atoms. The van der Waals surface area contributed by atoms with Crippen LogP contribution in [-0.4, -0.2) is 5.78 Å². The van der Waals surface area contributed by atoms with Gasteiger partial charge in [0.15, 0.2) is 5.78 Å². The van der Waals surface area contributed by atoms with Crippen LogP contribution in [0.15, 0.2) is 46.9 Å². The highest BCUT2D eigenvalue weighted by Crippen LogP contribution is 2.16. The number of nitriles is 1. The summed E-state index contributed by atoms with van der Waals surface area (Å²) in [5, 5.41) is 8.72. The Kier molecular flexibility index (Phi) is 3.54. The van der Waals surface area contributed by atoms with Gasteiger partial charge in [0.05, 0.1) is 5.56 Å². The Morgan fingerprint density at radius 1 is 1.11 bits per heavy atom. The van der Waals surface area contributed by atoms with Gasteiger partial charge in [0.1, 0.15) is 11.9 Å². The fraction of sp³-hybridized carbons (Fsp3) is 0. The second kappa shape index (κ2) is 5.11. The van der Waals surface area contributed by atoms with Crippen molar-refractivity contribution in [2.75, 3.05) is 0 Å². The predicted octanol–water partition coefficient (Wildman–Crippen LogP) is 3.69. The van der Waals surface area contributed by atoms with E-state index >= 15 is 0 Å². The van der Waals surface area contributed by atoms with Crippen molar-refractivity contribution in [1.29, 1.82) is 5.26 Å². The number of carbonyl (C=O) groups excluding carboxylic acids is 1. The van der Waals surface area contributed by atoms with Crippen LogP contribution in [0.5, 0.6) is 0 Å². The van der Waals surface area contributed by atoms with E-state index in [9.17, 15) is 9.18 Å². The molecular formula is C14H7BrFNO. The van der Waals surface area contributed by atoms with E-state index < -0.39 is 5.82 Å². The van der Waals surface area contributed by atoms with E-state index in [4.69, 9.17) is 5.26 Å². The maximum absolute atomic E-state index is 13.1. The van der Waals surface area contributed by atoms with Crippen molar-refractivity contribution in [2.24, 2.45) is 0 Å². The molecule has 2 nitrogen and oxygen atoms in total. The van der Waals surface area contributed by atoms with E-state index in [2.05, 4.69) is 15.9 Å². The number of carbonyl (C=O) groups is 1. The molecule has 0 amide bonds. The minimum absolute atomic E-state index is 0.127. The first-order valence-electron chi connectivity index (χ1n) is 5.12. The third-order valence-corrected chi connectivity index (χ3v) is 2.98. The zero-order valence-corrected chi connectivity index (χ0v) is 10.7. The summed E-state index contributed by atoms with van der Waals surface area (Å²) in [6.07, 6.45) is 0. The van der Waals surface area contributed by atoms with Crippen molar-refractivity contribution in [3.8, 4) is 6.07 Å². The van der Waals surface area contributed by atoms with E-state index in [1.165, 1.54) is 12.1 Å². The first-order valence-corrected chi connectivity index (χ1v) is 5.91. The maximum Gasteiger partial charge on any atom is 0.193 e. The lowest BCUT2D eigenvalue weighted by Gasteiger charge is -2.02. The normalized spacial score (nSPS) is 9.83. The minimum Gasteiger partial charge on any atom is -0.289 e. The lowest BCUT2D eigenvalue weighted by Crippen LogP contribution is -2.02. The molecule has 0 bridgehead atoms. The second-order valence-corrected chi connectivity index (χ2v) is 4.56. The van der Waals surface area contributed by atoms with Gasteiger partial charge in [-0.15, -0.1) is 0 Å². The highest BCUT2D eigenvalue weighted by molar-refractivity contribution is 9.10. The first-order chi connectivity index (χ1) is 8.61. The lowest BCUT2D eigenvalue weighted by atomic mass is 10.0. The molecule has 0 radical (unpaired) electrons. The Balaban J connectivity index is 2.40. The molecule has 0 N–H and O–H groups in total. The molecular weight excluding hydrogens is 297 g/mol. The van der Waals surface area contributed by atoms with E-state index in [1.54, 1.807) is 30.3 Å². The molecule has 0 unspecified atom stereocenters. The first kappa shape index (κ1) is 12.5. The van der Waals surface area contributed by atoms with Crippen LogP contribution in [0.3, 0.4) is 0 Å². The number of ketones is 1. The molecule has 4 heteroatoms. The summed E-state index contributed by atoms with van der Waals surface area (Å²) in [5.74, 6) is -0.858. The van der Waals surface area contributed by atoms with Crippen LogP contribution in [0.4, 0.5) is 4.39 Å². The number of nitrogens with zero attached hydrogens (tertiary/aromatic N) is 1. The van der Waals surface area contributed by atoms with Crippen molar-refractivity contribution in [2.45, 2.75) is 0 Å². The number of hydrogen-bond acceptors (Lipinski definition) is 2. The summed E-state index contributed by atoms with van der Waals surface area (Å²) in [5.41, 5.74) is 0.668. The molecule has 2 rings (SSSR count). The summed E-state index contributed by atoms with van der Waals surface area (Å²) in [6, 6.07) is 12.3. The number of halogens is 2. The molecule has 88 valence electrons. The van der Waals surface area contributed by atoms with Crippen molar-refractivity contribution >= 4 is 21.7 Å². The smallest absolute Gasteiger partial charge is 0.193 e. The Bertz CT molecular complexity index is 644. The predicted molar refractivity (Wildman–Crippen MR) is 68.7 cm³/mol. The average molecular weight is 304 g/mol. The number of rotatable bonds is 2. The molecule has 2 aromatic carbocycles. The van der Waals surface area contributed by atoms with Crippen molar-refractivity contribution in [3.63, 3.8) is 0 Å². The van der Waals surface area contributed by atoms with Crippen LogP contribution in [0.25, 0.3) is 0 Å². The molecule has 0 aliphatic carbocycles. The zero-order valence-electron chi connectivity index (χ0n) is 9.15. The van der Waals surface area contributed by atoms with Crippen LogP contribution < -0.4 is 0 Å². The molecule has 0 atom stereocenters. The largest absolute Gasteiger partial charge is 0.289 e.